The second kappa shape index (κ2) is 10.3. The second-order valence-electron chi connectivity index (χ2n) is 7.75. The first-order valence-electron chi connectivity index (χ1n) is 10.5. The number of furan rings is 1. The molecule has 0 spiro atoms. The van der Waals surface area contributed by atoms with Gasteiger partial charge >= 0.3 is 0 Å². The molecular formula is C26H22ClFN2O3S. The van der Waals surface area contributed by atoms with Gasteiger partial charge in [-0.15, -0.1) is 0 Å². The first kappa shape index (κ1) is 23.9. The number of aliphatic imine (C=N–C) groups is 1. The van der Waals surface area contributed by atoms with Crippen molar-refractivity contribution >= 4 is 33.5 Å². The largest absolute Gasteiger partial charge is 0.459 e. The van der Waals surface area contributed by atoms with Gasteiger partial charge in [-0.05, 0) is 73.2 Å². The molecule has 4 rings (SSSR count). The molecule has 0 bridgehead atoms. The molecule has 1 aromatic heterocycles. The number of benzene rings is 3. The molecule has 174 valence electrons. The lowest BCUT2D eigenvalue weighted by atomic mass is 10.1. The third kappa shape index (κ3) is 5.99. The number of nitrogens with zero attached hydrogens (tertiary/aromatic N) is 2. The normalized spacial score (nSPS) is 12.0. The maximum absolute atomic E-state index is 13.4. The predicted molar refractivity (Wildman–Crippen MR) is 131 cm³/mol. The van der Waals surface area contributed by atoms with Crippen LogP contribution in [-0.2, 0) is 23.1 Å². The Balaban J connectivity index is 1.58. The molecule has 0 saturated heterocycles. The van der Waals surface area contributed by atoms with Crippen LogP contribution in [0, 0.1) is 12.7 Å². The van der Waals surface area contributed by atoms with Gasteiger partial charge in [-0.3, -0.25) is 4.99 Å². The zero-order valence-corrected chi connectivity index (χ0v) is 19.9. The minimum absolute atomic E-state index is 0.0310. The van der Waals surface area contributed by atoms with Gasteiger partial charge < -0.3 is 4.42 Å². The van der Waals surface area contributed by atoms with Crippen LogP contribution in [-0.4, -0.2) is 18.9 Å². The quantitative estimate of drug-likeness (QED) is 0.261. The Hall–Kier alpha value is -3.26. The van der Waals surface area contributed by atoms with Crippen molar-refractivity contribution in [3.8, 4) is 0 Å². The first-order valence-corrected chi connectivity index (χ1v) is 12.3. The molecule has 0 aliphatic rings. The topological polar surface area (TPSA) is 62.9 Å². The molecule has 0 unspecified atom stereocenters. The molecule has 0 saturated carbocycles. The van der Waals surface area contributed by atoms with E-state index in [9.17, 15) is 12.8 Å². The zero-order valence-electron chi connectivity index (χ0n) is 18.4. The first-order chi connectivity index (χ1) is 16.3. The Morgan fingerprint density at radius 1 is 0.912 bits per heavy atom. The van der Waals surface area contributed by atoms with E-state index in [0.29, 0.717) is 22.2 Å². The van der Waals surface area contributed by atoms with Gasteiger partial charge in [-0.1, -0.05) is 41.4 Å². The van der Waals surface area contributed by atoms with Crippen LogP contribution in [0.5, 0.6) is 0 Å². The highest BCUT2D eigenvalue weighted by Gasteiger charge is 2.26. The lowest BCUT2D eigenvalue weighted by molar-refractivity contribution is 0.357. The Morgan fingerprint density at radius 2 is 1.59 bits per heavy atom. The molecule has 5 nitrogen and oxygen atoms in total. The van der Waals surface area contributed by atoms with Crippen molar-refractivity contribution in [3.63, 3.8) is 0 Å². The van der Waals surface area contributed by atoms with E-state index in [4.69, 9.17) is 16.0 Å². The number of rotatable bonds is 8. The van der Waals surface area contributed by atoms with Crippen molar-refractivity contribution in [1.82, 2.24) is 4.31 Å². The van der Waals surface area contributed by atoms with E-state index in [0.717, 1.165) is 11.1 Å². The molecule has 0 amide bonds. The van der Waals surface area contributed by atoms with Crippen LogP contribution in [0.4, 0.5) is 10.1 Å². The summed E-state index contributed by atoms with van der Waals surface area (Å²) in [5, 5.41) is 0.458. The molecule has 0 atom stereocenters. The fraction of sp³-hybridized carbons (Fsp3) is 0.115. The highest BCUT2D eigenvalue weighted by Crippen LogP contribution is 2.24. The minimum atomic E-state index is -3.83. The van der Waals surface area contributed by atoms with E-state index >= 15 is 0 Å². The Labute approximate surface area is 203 Å². The zero-order chi connectivity index (χ0) is 24.1. The summed E-state index contributed by atoms with van der Waals surface area (Å²) < 4.78 is 47.1. The molecule has 0 aliphatic carbocycles. The van der Waals surface area contributed by atoms with E-state index < -0.39 is 10.0 Å². The van der Waals surface area contributed by atoms with Gasteiger partial charge in [0.05, 0.1) is 23.3 Å². The number of hydrogen-bond acceptors (Lipinski definition) is 4. The average molecular weight is 497 g/mol. The number of aryl methyl sites for hydroxylation is 1. The van der Waals surface area contributed by atoms with Gasteiger partial charge in [0.25, 0.3) is 0 Å². The maximum atomic E-state index is 13.4. The summed E-state index contributed by atoms with van der Waals surface area (Å²) in [4.78, 5) is 4.41. The standard InChI is InChI=1S/C26H22ClFN2O3S/c1-19-2-4-20(5-3-19)17-30(34(31,32)26-14-6-21(27)7-15-26)18-25-13-12-24(33-25)16-29-23-10-8-22(28)9-11-23/h2-16H,17-18H2,1H3. The third-order valence-electron chi connectivity index (χ3n) is 5.11. The van der Waals surface area contributed by atoms with Crippen molar-refractivity contribution < 1.29 is 17.2 Å². The summed E-state index contributed by atoms with van der Waals surface area (Å²) in [7, 11) is -3.83. The van der Waals surface area contributed by atoms with Crippen molar-refractivity contribution in [3.05, 3.63) is 118 Å². The predicted octanol–water partition coefficient (Wildman–Crippen LogP) is 6.52. The van der Waals surface area contributed by atoms with Gasteiger partial charge in [0, 0.05) is 11.6 Å². The summed E-state index contributed by atoms with van der Waals surface area (Å²) in [6, 6.07) is 23.0. The highest BCUT2D eigenvalue weighted by molar-refractivity contribution is 7.89. The van der Waals surface area contributed by atoms with E-state index in [1.165, 1.54) is 34.8 Å². The fourth-order valence-electron chi connectivity index (χ4n) is 3.27. The van der Waals surface area contributed by atoms with Gasteiger partial charge in [-0.2, -0.15) is 4.31 Å². The summed E-state index contributed by atoms with van der Waals surface area (Å²) >= 11 is 5.95. The maximum Gasteiger partial charge on any atom is 0.243 e. The molecule has 8 heteroatoms. The van der Waals surface area contributed by atoms with Crippen molar-refractivity contribution in [2.24, 2.45) is 4.99 Å². The lowest BCUT2D eigenvalue weighted by Gasteiger charge is -2.21. The molecule has 4 aromatic rings. The summed E-state index contributed by atoms with van der Waals surface area (Å²) in [5.74, 6) is 0.582. The van der Waals surface area contributed by atoms with Gasteiger partial charge in [0.1, 0.15) is 17.3 Å². The van der Waals surface area contributed by atoms with Crippen LogP contribution < -0.4 is 0 Å². The molecule has 0 fully saturated rings. The lowest BCUT2D eigenvalue weighted by Crippen LogP contribution is -2.30. The van der Waals surface area contributed by atoms with Gasteiger partial charge in [0.2, 0.25) is 10.0 Å². The van der Waals surface area contributed by atoms with Crippen molar-refractivity contribution in [2.75, 3.05) is 0 Å². The minimum Gasteiger partial charge on any atom is -0.459 e. The molecule has 3 aromatic carbocycles. The third-order valence-corrected chi connectivity index (χ3v) is 7.17. The van der Waals surface area contributed by atoms with Crippen molar-refractivity contribution in [1.29, 1.82) is 0 Å². The van der Waals surface area contributed by atoms with Crippen LogP contribution in [0.15, 0.2) is 99.2 Å². The number of sulfonamides is 1. The molecule has 0 radical (unpaired) electrons. The smallest absolute Gasteiger partial charge is 0.243 e. The van der Waals surface area contributed by atoms with Crippen LogP contribution in [0.2, 0.25) is 5.02 Å². The highest BCUT2D eigenvalue weighted by atomic mass is 35.5. The molecule has 0 aliphatic heterocycles. The van der Waals surface area contributed by atoms with E-state index in [-0.39, 0.29) is 23.8 Å². The molecule has 34 heavy (non-hydrogen) atoms. The summed E-state index contributed by atoms with van der Waals surface area (Å²) in [6.07, 6.45) is 1.51. The van der Waals surface area contributed by atoms with Crippen LogP contribution in [0.25, 0.3) is 0 Å². The molecule has 1 heterocycles. The van der Waals surface area contributed by atoms with Crippen molar-refractivity contribution in [2.45, 2.75) is 24.9 Å². The fourth-order valence-corrected chi connectivity index (χ4v) is 4.79. The molecule has 0 N–H and O–H groups in total. The number of hydrogen-bond donors (Lipinski definition) is 0. The summed E-state index contributed by atoms with van der Waals surface area (Å²) in [6.45, 7) is 2.18. The van der Waals surface area contributed by atoms with Crippen LogP contribution >= 0.6 is 11.6 Å². The number of halogens is 2. The van der Waals surface area contributed by atoms with Crippen LogP contribution in [0.3, 0.4) is 0 Å². The average Bonchev–Trinajstić information content (AvgIpc) is 3.27. The Bertz CT molecular complexity index is 1380. The van der Waals surface area contributed by atoms with Gasteiger partial charge in [0.15, 0.2) is 0 Å². The van der Waals surface area contributed by atoms with Crippen LogP contribution in [0.1, 0.15) is 22.6 Å². The monoisotopic (exact) mass is 496 g/mol. The van der Waals surface area contributed by atoms with Gasteiger partial charge in [-0.25, -0.2) is 12.8 Å². The Kier molecular flexibility index (Phi) is 7.26. The second-order valence-corrected chi connectivity index (χ2v) is 10.1. The van der Waals surface area contributed by atoms with E-state index in [1.54, 1.807) is 36.4 Å². The van der Waals surface area contributed by atoms with E-state index in [1.807, 2.05) is 31.2 Å². The summed E-state index contributed by atoms with van der Waals surface area (Å²) in [5.41, 5.74) is 2.52. The molecular weight excluding hydrogens is 475 g/mol. The Morgan fingerprint density at radius 3 is 2.26 bits per heavy atom. The SMILES string of the molecule is Cc1ccc(CN(Cc2ccc(C=Nc3ccc(F)cc3)o2)S(=O)(=O)c2ccc(Cl)cc2)cc1. The van der Waals surface area contributed by atoms with E-state index in [2.05, 4.69) is 4.99 Å².